The molecular formula is C16H32N2O5Si. The maximum Gasteiger partial charge on any atom is 0.501 e. The number of imidazole rings is 1. The monoisotopic (exact) mass is 360 g/mol. The molecule has 8 heteroatoms. The molecule has 1 N–H and O–H groups in total. The summed E-state index contributed by atoms with van der Waals surface area (Å²) in [7, 11) is -2.63. The molecule has 2 unspecified atom stereocenters. The largest absolute Gasteiger partial charge is 0.501 e. The van der Waals surface area contributed by atoms with Gasteiger partial charge in [0.15, 0.2) is 6.23 Å². The molecule has 0 aromatic carbocycles. The first kappa shape index (κ1) is 21.3. The fourth-order valence-corrected chi connectivity index (χ4v) is 5.18. The van der Waals surface area contributed by atoms with E-state index in [1.807, 2.05) is 38.5 Å². The zero-order valence-corrected chi connectivity index (χ0v) is 16.5. The summed E-state index contributed by atoms with van der Waals surface area (Å²) in [5.41, 5.74) is 0. The highest BCUT2D eigenvalue weighted by molar-refractivity contribution is 6.60. The average Bonchev–Trinajstić information content (AvgIpc) is 2.93. The van der Waals surface area contributed by atoms with E-state index in [0.29, 0.717) is 32.5 Å². The minimum absolute atomic E-state index is 0.449. The molecule has 1 rings (SSSR count). The van der Waals surface area contributed by atoms with Crippen molar-refractivity contribution in [3.05, 3.63) is 18.2 Å². The van der Waals surface area contributed by atoms with Crippen molar-refractivity contribution in [1.29, 1.82) is 0 Å². The lowest BCUT2D eigenvalue weighted by Crippen LogP contribution is -2.46. The molecule has 1 heterocycles. The van der Waals surface area contributed by atoms with E-state index in [4.69, 9.17) is 18.0 Å². The molecule has 2 atom stereocenters. The van der Waals surface area contributed by atoms with Crippen LogP contribution in [0.2, 0.25) is 6.04 Å². The second-order valence-electron chi connectivity index (χ2n) is 5.47. The quantitative estimate of drug-likeness (QED) is 0.430. The number of aliphatic hydroxyl groups is 1. The summed E-state index contributed by atoms with van der Waals surface area (Å²) in [4.78, 5) is 4.18. The smallest absolute Gasteiger partial charge is 0.389 e. The summed E-state index contributed by atoms with van der Waals surface area (Å²) in [6.45, 7) is 11.6. The maximum absolute atomic E-state index is 9.98. The lowest BCUT2D eigenvalue weighted by Gasteiger charge is -2.29. The van der Waals surface area contributed by atoms with Crippen LogP contribution in [0.25, 0.3) is 0 Å². The van der Waals surface area contributed by atoms with Crippen molar-refractivity contribution in [2.45, 2.75) is 59.4 Å². The highest BCUT2D eigenvalue weighted by atomic mass is 28.4. The normalized spacial score (nSPS) is 14.8. The van der Waals surface area contributed by atoms with Gasteiger partial charge >= 0.3 is 8.80 Å². The first-order valence-electron chi connectivity index (χ1n) is 8.70. The number of aliphatic hydroxyl groups excluding tert-OH is 1. The van der Waals surface area contributed by atoms with Gasteiger partial charge in [-0.05, 0) is 41.0 Å². The zero-order valence-electron chi connectivity index (χ0n) is 15.5. The predicted molar refractivity (Wildman–Crippen MR) is 93.7 cm³/mol. The lowest BCUT2D eigenvalue weighted by atomic mass is 10.3. The molecule has 1 aromatic heterocycles. The Kier molecular flexibility index (Phi) is 9.71. The van der Waals surface area contributed by atoms with Crippen LogP contribution in [0.5, 0.6) is 0 Å². The molecule has 0 bridgehead atoms. The van der Waals surface area contributed by atoms with Crippen LogP contribution < -0.4 is 0 Å². The first-order chi connectivity index (χ1) is 11.5. The second kappa shape index (κ2) is 11.0. The summed E-state index contributed by atoms with van der Waals surface area (Å²) in [5.74, 6) is 0.808. The van der Waals surface area contributed by atoms with Gasteiger partial charge in [0.05, 0.1) is 6.10 Å². The predicted octanol–water partition coefficient (Wildman–Crippen LogP) is 2.53. The summed E-state index contributed by atoms with van der Waals surface area (Å²) in [6.07, 6.45) is 3.17. The van der Waals surface area contributed by atoms with E-state index in [0.717, 1.165) is 12.2 Å². The number of rotatable bonds is 13. The average molecular weight is 361 g/mol. The van der Waals surface area contributed by atoms with Gasteiger partial charge in [-0.25, -0.2) is 4.98 Å². The van der Waals surface area contributed by atoms with Gasteiger partial charge in [0.25, 0.3) is 0 Å². The third-order valence-corrected chi connectivity index (χ3v) is 6.71. The molecule has 0 saturated heterocycles. The summed E-state index contributed by atoms with van der Waals surface area (Å²) >= 11 is 0. The van der Waals surface area contributed by atoms with Crippen molar-refractivity contribution in [2.24, 2.45) is 0 Å². The molecule has 0 amide bonds. The molecule has 24 heavy (non-hydrogen) atoms. The SMILES string of the molecule is CCO[Si](CCCOC(C(C)O)n1ccnc1C)(OCC)OCC. The van der Waals surface area contributed by atoms with Crippen molar-refractivity contribution in [3.63, 3.8) is 0 Å². The topological polar surface area (TPSA) is 75.0 Å². The van der Waals surface area contributed by atoms with Gasteiger partial charge in [-0.1, -0.05) is 0 Å². The lowest BCUT2D eigenvalue weighted by molar-refractivity contribution is -0.0759. The Hall–Kier alpha value is -0.773. The van der Waals surface area contributed by atoms with Crippen molar-refractivity contribution in [3.8, 4) is 0 Å². The van der Waals surface area contributed by atoms with Crippen LogP contribution in [0, 0.1) is 6.92 Å². The van der Waals surface area contributed by atoms with Gasteiger partial charge in [0.1, 0.15) is 5.82 Å². The number of aryl methyl sites for hydroxylation is 1. The van der Waals surface area contributed by atoms with E-state index in [9.17, 15) is 5.11 Å². The van der Waals surface area contributed by atoms with Gasteiger partial charge < -0.3 is 27.7 Å². The van der Waals surface area contributed by atoms with Gasteiger partial charge in [-0.15, -0.1) is 0 Å². The van der Waals surface area contributed by atoms with Gasteiger partial charge in [-0.3, -0.25) is 0 Å². The minimum Gasteiger partial charge on any atom is -0.389 e. The van der Waals surface area contributed by atoms with Gasteiger partial charge in [0, 0.05) is 44.9 Å². The highest BCUT2D eigenvalue weighted by Gasteiger charge is 2.39. The molecule has 0 fully saturated rings. The Bertz CT molecular complexity index is 438. The van der Waals surface area contributed by atoms with Gasteiger partial charge in [-0.2, -0.15) is 0 Å². The number of ether oxygens (including phenoxy) is 1. The number of hydrogen-bond donors (Lipinski definition) is 1. The van der Waals surface area contributed by atoms with Crippen molar-refractivity contribution < 1.29 is 23.1 Å². The standard InChI is InChI=1S/C16H32N2O5Si/c1-6-21-24(22-7-2,23-8-3)13-9-12-20-16(14(4)19)18-11-10-17-15(18)5/h10-11,14,16,19H,6-9,12-13H2,1-5H3. The van der Waals surface area contributed by atoms with Crippen LogP contribution in [0.3, 0.4) is 0 Å². The van der Waals surface area contributed by atoms with E-state index in [1.54, 1.807) is 13.1 Å². The van der Waals surface area contributed by atoms with E-state index in [-0.39, 0.29) is 0 Å². The Morgan fingerprint density at radius 3 is 2.17 bits per heavy atom. The molecule has 0 aliphatic rings. The number of hydrogen-bond acceptors (Lipinski definition) is 6. The summed E-state index contributed by atoms with van der Waals surface area (Å²) in [6, 6.07) is 0.692. The van der Waals surface area contributed by atoms with E-state index in [1.165, 1.54) is 0 Å². The fraction of sp³-hybridized carbons (Fsp3) is 0.812. The summed E-state index contributed by atoms with van der Waals surface area (Å²) in [5, 5.41) is 9.98. The number of nitrogens with zero attached hydrogens (tertiary/aromatic N) is 2. The molecule has 0 aliphatic carbocycles. The molecule has 0 radical (unpaired) electrons. The highest BCUT2D eigenvalue weighted by Crippen LogP contribution is 2.21. The van der Waals surface area contributed by atoms with Crippen LogP contribution in [0.15, 0.2) is 12.4 Å². The van der Waals surface area contributed by atoms with Crippen LogP contribution >= 0.6 is 0 Å². The van der Waals surface area contributed by atoms with Crippen LogP contribution in [-0.2, 0) is 18.0 Å². The third kappa shape index (κ3) is 6.27. The maximum atomic E-state index is 9.98. The molecule has 0 aliphatic heterocycles. The van der Waals surface area contributed by atoms with Crippen molar-refractivity contribution in [2.75, 3.05) is 26.4 Å². The van der Waals surface area contributed by atoms with Crippen molar-refractivity contribution >= 4 is 8.80 Å². The van der Waals surface area contributed by atoms with E-state index in [2.05, 4.69) is 4.98 Å². The third-order valence-electron chi connectivity index (χ3n) is 3.56. The number of aromatic nitrogens is 2. The molecular weight excluding hydrogens is 328 g/mol. The molecule has 7 nitrogen and oxygen atoms in total. The Labute approximate surface area is 146 Å². The van der Waals surface area contributed by atoms with E-state index < -0.39 is 21.1 Å². The van der Waals surface area contributed by atoms with Crippen LogP contribution in [0.4, 0.5) is 0 Å². The minimum atomic E-state index is -2.63. The molecule has 0 saturated carbocycles. The van der Waals surface area contributed by atoms with E-state index >= 15 is 0 Å². The van der Waals surface area contributed by atoms with Crippen molar-refractivity contribution in [1.82, 2.24) is 9.55 Å². The van der Waals surface area contributed by atoms with Crippen LogP contribution in [0.1, 0.15) is 46.2 Å². The zero-order chi connectivity index (χ0) is 18.0. The Balaban J connectivity index is 2.58. The first-order valence-corrected chi connectivity index (χ1v) is 10.6. The Morgan fingerprint density at radius 2 is 1.75 bits per heavy atom. The molecule has 1 aromatic rings. The molecule has 140 valence electrons. The second-order valence-corrected chi connectivity index (χ2v) is 8.20. The molecule has 0 spiro atoms. The Morgan fingerprint density at radius 1 is 1.17 bits per heavy atom. The fourth-order valence-electron chi connectivity index (χ4n) is 2.60. The summed E-state index contributed by atoms with van der Waals surface area (Å²) < 4.78 is 25.2. The van der Waals surface area contributed by atoms with Crippen LogP contribution in [-0.4, -0.2) is 56.0 Å². The van der Waals surface area contributed by atoms with Gasteiger partial charge in [0.2, 0.25) is 0 Å².